The molecular formula is C19H18F2N6O. The lowest BCUT2D eigenvalue weighted by Gasteiger charge is -2.13. The van der Waals surface area contributed by atoms with Crippen molar-refractivity contribution < 1.29 is 13.6 Å². The highest BCUT2D eigenvalue weighted by Crippen LogP contribution is 2.20. The molecule has 144 valence electrons. The van der Waals surface area contributed by atoms with E-state index in [4.69, 9.17) is 0 Å². The van der Waals surface area contributed by atoms with Crippen LogP contribution >= 0.6 is 0 Å². The highest BCUT2D eigenvalue weighted by atomic mass is 19.1. The lowest BCUT2D eigenvalue weighted by atomic mass is 10.2. The van der Waals surface area contributed by atoms with E-state index in [1.807, 2.05) is 25.1 Å². The lowest BCUT2D eigenvalue weighted by molar-refractivity contribution is 0.262. The summed E-state index contributed by atoms with van der Waals surface area (Å²) in [6.45, 7) is 0. The minimum atomic E-state index is -0.725. The van der Waals surface area contributed by atoms with Crippen LogP contribution in [-0.2, 0) is 0 Å². The number of carbonyl (C=O) groups is 1. The van der Waals surface area contributed by atoms with E-state index in [0.29, 0.717) is 11.5 Å². The van der Waals surface area contributed by atoms with Gasteiger partial charge in [-0.2, -0.15) is 5.10 Å². The summed E-state index contributed by atoms with van der Waals surface area (Å²) in [7, 11) is 3.81. The molecule has 3 rings (SSSR count). The number of hydrogen-bond donors (Lipinski definition) is 3. The first-order valence-corrected chi connectivity index (χ1v) is 8.31. The van der Waals surface area contributed by atoms with Gasteiger partial charge in [0, 0.05) is 37.6 Å². The third-order valence-electron chi connectivity index (χ3n) is 3.75. The van der Waals surface area contributed by atoms with Gasteiger partial charge in [0.2, 0.25) is 0 Å². The second kappa shape index (κ2) is 8.30. The lowest BCUT2D eigenvalue weighted by Crippen LogP contribution is -2.20. The molecule has 0 aliphatic heterocycles. The minimum Gasteiger partial charge on any atom is -0.376 e. The number of rotatable bonds is 5. The number of nitrogens with zero attached hydrogens (tertiary/aromatic N) is 3. The van der Waals surface area contributed by atoms with Crippen molar-refractivity contribution >= 4 is 34.6 Å². The Bertz CT molecular complexity index is 978. The monoisotopic (exact) mass is 384 g/mol. The van der Waals surface area contributed by atoms with Gasteiger partial charge in [0.15, 0.2) is 5.82 Å². The summed E-state index contributed by atoms with van der Waals surface area (Å²) >= 11 is 0. The van der Waals surface area contributed by atoms with Crippen molar-refractivity contribution in [2.45, 2.75) is 0 Å². The molecule has 2 amide bonds. The van der Waals surface area contributed by atoms with Gasteiger partial charge in [-0.3, -0.25) is 0 Å². The standard InChI is InChI=1S/C19H18F2N6O/c1-27(2)15-10-18(26-22-11-15)23-13-4-6-14(7-5-13)24-19(28)25-17-9-12(20)3-8-16(17)21/h3-11H,1-2H3,(H,23,26)(H2,24,25,28). The number of halogens is 2. The van der Waals surface area contributed by atoms with E-state index in [0.717, 1.165) is 29.6 Å². The molecule has 0 atom stereocenters. The zero-order valence-electron chi connectivity index (χ0n) is 15.2. The minimum absolute atomic E-state index is 0.241. The van der Waals surface area contributed by atoms with E-state index in [1.165, 1.54) is 0 Å². The first kappa shape index (κ1) is 19.0. The third-order valence-corrected chi connectivity index (χ3v) is 3.75. The molecular weight excluding hydrogens is 366 g/mol. The van der Waals surface area contributed by atoms with E-state index < -0.39 is 17.7 Å². The molecule has 3 N–H and O–H groups in total. The quantitative estimate of drug-likeness (QED) is 0.614. The van der Waals surface area contributed by atoms with Crippen LogP contribution in [-0.4, -0.2) is 30.3 Å². The van der Waals surface area contributed by atoms with Crippen molar-refractivity contribution in [2.75, 3.05) is 34.9 Å². The number of benzene rings is 2. The highest BCUT2D eigenvalue weighted by Gasteiger charge is 2.08. The van der Waals surface area contributed by atoms with Crippen LogP contribution in [0.1, 0.15) is 0 Å². The van der Waals surface area contributed by atoms with Crippen molar-refractivity contribution in [1.82, 2.24) is 10.2 Å². The zero-order chi connectivity index (χ0) is 20.1. The Morgan fingerprint density at radius 3 is 2.39 bits per heavy atom. The van der Waals surface area contributed by atoms with Gasteiger partial charge in [-0.25, -0.2) is 13.6 Å². The average molecular weight is 384 g/mol. The predicted octanol–water partition coefficient (Wildman–Crippen LogP) is 4.21. The summed E-state index contributed by atoms with van der Waals surface area (Å²) in [5, 5.41) is 15.9. The molecule has 1 aromatic heterocycles. The molecule has 0 saturated carbocycles. The maximum absolute atomic E-state index is 13.6. The van der Waals surface area contributed by atoms with Crippen LogP contribution < -0.4 is 20.9 Å². The number of hydrogen-bond acceptors (Lipinski definition) is 5. The number of amides is 2. The summed E-state index contributed by atoms with van der Waals surface area (Å²) in [6, 6.07) is 10.8. The Kier molecular flexibility index (Phi) is 5.64. The Morgan fingerprint density at radius 1 is 0.964 bits per heavy atom. The number of aromatic nitrogens is 2. The van der Waals surface area contributed by atoms with Crippen LogP contribution in [0.15, 0.2) is 54.7 Å². The molecule has 7 nitrogen and oxygen atoms in total. The number of nitrogens with one attached hydrogen (secondary N) is 3. The molecule has 0 unspecified atom stereocenters. The molecule has 9 heteroatoms. The Hall–Kier alpha value is -3.75. The van der Waals surface area contributed by atoms with Gasteiger partial charge >= 0.3 is 6.03 Å². The topological polar surface area (TPSA) is 82.2 Å². The Balaban J connectivity index is 1.62. The molecule has 0 saturated heterocycles. The summed E-state index contributed by atoms with van der Waals surface area (Å²) in [5.41, 5.74) is 1.88. The molecule has 2 aromatic carbocycles. The number of anilines is 5. The van der Waals surface area contributed by atoms with Crippen molar-refractivity contribution in [3.8, 4) is 0 Å². The summed E-state index contributed by atoms with van der Waals surface area (Å²) < 4.78 is 26.7. The molecule has 0 aliphatic rings. The van der Waals surface area contributed by atoms with Crippen LogP contribution in [0.3, 0.4) is 0 Å². The van der Waals surface area contributed by atoms with Crippen molar-refractivity contribution in [3.63, 3.8) is 0 Å². The average Bonchev–Trinajstić information content (AvgIpc) is 2.66. The van der Waals surface area contributed by atoms with E-state index in [1.54, 1.807) is 30.5 Å². The van der Waals surface area contributed by atoms with Crippen molar-refractivity contribution in [1.29, 1.82) is 0 Å². The molecule has 1 heterocycles. The molecule has 0 radical (unpaired) electrons. The van der Waals surface area contributed by atoms with Gasteiger partial charge in [-0.1, -0.05) is 0 Å². The van der Waals surface area contributed by atoms with Crippen molar-refractivity contribution in [3.05, 3.63) is 66.4 Å². The summed E-state index contributed by atoms with van der Waals surface area (Å²) in [6.07, 6.45) is 1.65. The first-order chi connectivity index (χ1) is 13.4. The van der Waals surface area contributed by atoms with Crippen LogP contribution in [0, 0.1) is 11.6 Å². The third kappa shape index (κ3) is 4.91. The van der Waals surface area contributed by atoms with Gasteiger partial charge in [0.05, 0.1) is 17.6 Å². The molecule has 0 bridgehead atoms. The molecule has 3 aromatic rings. The maximum Gasteiger partial charge on any atom is 0.323 e. The fourth-order valence-electron chi connectivity index (χ4n) is 2.32. The normalized spacial score (nSPS) is 10.3. The smallest absolute Gasteiger partial charge is 0.323 e. The fourth-order valence-corrected chi connectivity index (χ4v) is 2.32. The second-order valence-corrected chi connectivity index (χ2v) is 6.10. The summed E-state index contributed by atoms with van der Waals surface area (Å²) in [4.78, 5) is 13.9. The largest absolute Gasteiger partial charge is 0.376 e. The fraction of sp³-hybridized carbons (Fsp3) is 0.105. The summed E-state index contributed by atoms with van der Waals surface area (Å²) in [5.74, 6) is -0.794. The van der Waals surface area contributed by atoms with Gasteiger partial charge in [0.25, 0.3) is 0 Å². The number of urea groups is 1. The zero-order valence-corrected chi connectivity index (χ0v) is 15.2. The predicted molar refractivity (Wildman–Crippen MR) is 105 cm³/mol. The molecule has 28 heavy (non-hydrogen) atoms. The number of carbonyl (C=O) groups excluding carboxylic acids is 1. The SMILES string of the molecule is CN(C)c1cnnc(Nc2ccc(NC(=O)Nc3cc(F)ccc3F)cc2)c1. The molecule has 0 aliphatic carbocycles. The highest BCUT2D eigenvalue weighted by molar-refractivity contribution is 5.99. The Labute approximate surface area is 160 Å². The van der Waals surface area contributed by atoms with Gasteiger partial charge in [-0.15, -0.1) is 5.10 Å². The van der Waals surface area contributed by atoms with Gasteiger partial charge in [0.1, 0.15) is 11.6 Å². The molecule has 0 spiro atoms. The van der Waals surface area contributed by atoms with Crippen LogP contribution in [0.2, 0.25) is 0 Å². The van der Waals surface area contributed by atoms with E-state index in [9.17, 15) is 13.6 Å². The second-order valence-electron chi connectivity index (χ2n) is 6.10. The molecule has 0 fully saturated rings. The maximum atomic E-state index is 13.6. The van der Waals surface area contributed by atoms with Crippen LogP contribution in [0.4, 0.5) is 42.1 Å². The first-order valence-electron chi connectivity index (χ1n) is 8.31. The van der Waals surface area contributed by atoms with E-state index >= 15 is 0 Å². The van der Waals surface area contributed by atoms with E-state index in [-0.39, 0.29) is 5.69 Å². The van der Waals surface area contributed by atoms with Gasteiger partial charge in [-0.05, 0) is 36.4 Å². The van der Waals surface area contributed by atoms with Crippen LogP contribution in [0.5, 0.6) is 0 Å². The Morgan fingerprint density at radius 2 is 1.68 bits per heavy atom. The van der Waals surface area contributed by atoms with Gasteiger partial charge < -0.3 is 20.9 Å². The van der Waals surface area contributed by atoms with Crippen molar-refractivity contribution in [2.24, 2.45) is 0 Å². The van der Waals surface area contributed by atoms with Crippen LogP contribution in [0.25, 0.3) is 0 Å². The van der Waals surface area contributed by atoms with E-state index in [2.05, 4.69) is 26.1 Å².